The molecule has 2 rings (SSSR count). The molecule has 2 N–H and O–H groups in total. The zero-order valence-corrected chi connectivity index (χ0v) is 25.3. The van der Waals surface area contributed by atoms with Gasteiger partial charge in [-0.25, -0.2) is 22.8 Å². The van der Waals surface area contributed by atoms with Gasteiger partial charge in [-0.1, -0.05) is 6.58 Å². The SMILES string of the molecule is C=CC(=O)OCCNC(=O)OCCSc1ccc(S(=O)(=O)c2ccc(SCCOC(=O)NCCOC(C)=O)cc2)cc1. The summed E-state index contributed by atoms with van der Waals surface area (Å²) in [5.41, 5.74) is 0. The minimum atomic E-state index is -3.72. The van der Waals surface area contributed by atoms with Crippen LogP contribution in [0.1, 0.15) is 6.92 Å². The minimum Gasteiger partial charge on any atom is -0.464 e. The van der Waals surface area contributed by atoms with Crippen molar-refractivity contribution < 1.29 is 46.5 Å². The summed E-state index contributed by atoms with van der Waals surface area (Å²) >= 11 is 2.80. The summed E-state index contributed by atoms with van der Waals surface area (Å²) in [4.78, 5) is 46.7. The average Bonchev–Trinajstić information content (AvgIpc) is 2.98. The Morgan fingerprint density at radius 3 is 1.55 bits per heavy atom. The molecule has 0 saturated carbocycles. The van der Waals surface area contributed by atoms with Gasteiger partial charge in [-0.15, -0.1) is 23.5 Å². The molecule has 0 radical (unpaired) electrons. The number of esters is 2. The standard InChI is InChI=1S/C27H32N2O10S3/c1-3-25(31)37-15-13-29-27(33)39-17-19-41-22-6-10-24(11-7-22)42(34,35)23-8-4-21(5-9-23)40-18-16-38-26(32)28-12-14-36-20(2)30/h3-11H,1,12-19H2,2H3,(H,28,32)(H,29,33). The van der Waals surface area contributed by atoms with Gasteiger partial charge in [-0.2, -0.15) is 0 Å². The van der Waals surface area contributed by atoms with Crippen LogP contribution in [0.3, 0.4) is 0 Å². The van der Waals surface area contributed by atoms with E-state index in [1.165, 1.54) is 54.7 Å². The summed E-state index contributed by atoms with van der Waals surface area (Å²) in [5, 5.41) is 4.91. The van der Waals surface area contributed by atoms with Crippen molar-refractivity contribution >= 4 is 57.5 Å². The molecule has 2 amide bonds. The maximum atomic E-state index is 13.0. The van der Waals surface area contributed by atoms with E-state index in [4.69, 9.17) is 18.9 Å². The number of alkyl carbamates (subject to hydrolysis) is 2. The number of amides is 2. The minimum absolute atomic E-state index is 0.00678. The second-order valence-corrected chi connectivity index (χ2v) is 12.3. The first-order chi connectivity index (χ1) is 20.1. The van der Waals surface area contributed by atoms with Crippen molar-refractivity contribution in [1.29, 1.82) is 0 Å². The van der Waals surface area contributed by atoms with Crippen LogP contribution >= 0.6 is 23.5 Å². The summed E-state index contributed by atoms with van der Waals surface area (Å²) in [6, 6.07) is 12.8. The zero-order chi connectivity index (χ0) is 30.8. The lowest BCUT2D eigenvalue weighted by molar-refractivity contribution is -0.141. The quantitative estimate of drug-likeness (QED) is 0.0853. The normalized spacial score (nSPS) is 10.7. The molecule has 0 spiro atoms. The van der Waals surface area contributed by atoms with E-state index in [1.807, 2.05) is 0 Å². The highest BCUT2D eigenvalue weighted by Crippen LogP contribution is 2.26. The second-order valence-electron chi connectivity index (χ2n) is 7.98. The molecule has 0 aliphatic rings. The summed E-state index contributed by atoms with van der Waals surface area (Å²) in [7, 11) is -3.72. The van der Waals surface area contributed by atoms with E-state index in [9.17, 15) is 27.6 Å². The Morgan fingerprint density at radius 2 is 1.14 bits per heavy atom. The van der Waals surface area contributed by atoms with Gasteiger partial charge < -0.3 is 29.6 Å². The molecule has 0 aliphatic heterocycles. The van der Waals surface area contributed by atoms with Crippen molar-refractivity contribution in [3.63, 3.8) is 0 Å². The molecule has 228 valence electrons. The Kier molecular flexibility index (Phi) is 15.4. The highest BCUT2D eigenvalue weighted by molar-refractivity contribution is 7.99. The van der Waals surface area contributed by atoms with E-state index in [0.29, 0.717) is 11.5 Å². The summed E-state index contributed by atoms with van der Waals surface area (Å²) in [5.74, 6) is -0.0884. The molecule has 2 aromatic carbocycles. The van der Waals surface area contributed by atoms with Gasteiger partial charge in [-0.3, -0.25) is 4.79 Å². The topological polar surface area (TPSA) is 163 Å². The molecule has 0 heterocycles. The third kappa shape index (κ3) is 13.3. The van der Waals surface area contributed by atoms with Crippen LogP contribution in [0.25, 0.3) is 0 Å². The van der Waals surface area contributed by atoms with Gasteiger partial charge in [0.05, 0.1) is 22.9 Å². The van der Waals surface area contributed by atoms with Gasteiger partial charge in [0.2, 0.25) is 9.84 Å². The van der Waals surface area contributed by atoms with Gasteiger partial charge in [0, 0.05) is 34.3 Å². The molecule has 15 heteroatoms. The Balaban J connectivity index is 1.71. The summed E-state index contributed by atoms with van der Waals surface area (Å²) < 4.78 is 45.6. The number of nitrogens with one attached hydrogen (secondary N) is 2. The van der Waals surface area contributed by atoms with Crippen LogP contribution in [-0.2, 0) is 38.4 Å². The number of hydrogen-bond donors (Lipinski definition) is 2. The number of benzene rings is 2. The van der Waals surface area contributed by atoms with E-state index in [0.717, 1.165) is 15.9 Å². The zero-order valence-electron chi connectivity index (χ0n) is 22.9. The Labute approximate surface area is 252 Å². The van der Waals surface area contributed by atoms with E-state index in [-0.39, 0.29) is 49.3 Å². The van der Waals surface area contributed by atoms with Gasteiger partial charge in [0.1, 0.15) is 26.4 Å². The number of ether oxygens (including phenoxy) is 4. The highest BCUT2D eigenvalue weighted by atomic mass is 32.2. The maximum absolute atomic E-state index is 13.0. The third-order valence-electron chi connectivity index (χ3n) is 4.90. The van der Waals surface area contributed by atoms with Crippen molar-refractivity contribution in [3.05, 3.63) is 61.2 Å². The van der Waals surface area contributed by atoms with Crippen molar-refractivity contribution in [2.24, 2.45) is 0 Å². The Bertz CT molecular complexity index is 1300. The maximum Gasteiger partial charge on any atom is 0.407 e. The van der Waals surface area contributed by atoms with Gasteiger partial charge >= 0.3 is 24.1 Å². The molecule has 2 aromatic rings. The predicted molar refractivity (Wildman–Crippen MR) is 156 cm³/mol. The van der Waals surface area contributed by atoms with E-state index < -0.39 is 34.0 Å². The van der Waals surface area contributed by atoms with Crippen molar-refractivity contribution in [1.82, 2.24) is 10.6 Å². The van der Waals surface area contributed by atoms with Gasteiger partial charge in [0.15, 0.2) is 0 Å². The number of hydrogen-bond acceptors (Lipinski definition) is 12. The fraction of sp³-hybridized carbons (Fsp3) is 0.333. The molecular formula is C27H32N2O10S3. The monoisotopic (exact) mass is 640 g/mol. The fourth-order valence-electron chi connectivity index (χ4n) is 2.97. The Hall–Kier alpha value is -3.69. The number of thioether (sulfide) groups is 2. The van der Waals surface area contributed by atoms with E-state index in [1.54, 1.807) is 24.3 Å². The van der Waals surface area contributed by atoms with Crippen LogP contribution in [0.2, 0.25) is 0 Å². The third-order valence-corrected chi connectivity index (χ3v) is 8.64. The first-order valence-corrected chi connectivity index (χ1v) is 16.0. The van der Waals surface area contributed by atoms with Crippen LogP contribution in [0, 0.1) is 0 Å². The highest BCUT2D eigenvalue weighted by Gasteiger charge is 2.17. The van der Waals surface area contributed by atoms with Crippen LogP contribution < -0.4 is 10.6 Å². The molecule has 42 heavy (non-hydrogen) atoms. The predicted octanol–water partition coefficient (Wildman–Crippen LogP) is 3.45. The van der Waals surface area contributed by atoms with E-state index >= 15 is 0 Å². The Morgan fingerprint density at radius 1 is 0.714 bits per heavy atom. The van der Waals surface area contributed by atoms with E-state index in [2.05, 4.69) is 17.2 Å². The molecular weight excluding hydrogens is 609 g/mol. The molecule has 0 aromatic heterocycles. The molecule has 0 bridgehead atoms. The molecule has 0 atom stereocenters. The van der Waals surface area contributed by atoms with Gasteiger partial charge in [0.25, 0.3) is 0 Å². The fourth-order valence-corrected chi connectivity index (χ4v) is 5.69. The largest absolute Gasteiger partial charge is 0.464 e. The lowest BCUT2D eigenvalue weighted by Gasteiger charge is -2.09. The van der Waals surface area contributed by atoms with Crippen LogP contribution in [0.15, 0.2) is 80.8 Å². The first-order valence-electron chi connectivity index (χ1n) is 12.6. The summed E-state index contributed by atoms with van der Waals surface area (Å²) in [6.45, 7) is 5.15. The smallest absolute Gasteiger partial charge is 0.407 e. The number of rotatable bonds is 17. The lowest BCUT2D eigenvalue weighted by Crippen LogP contribution is -2.29. The number of sulfone groups is 1. The van der Waals surface area contributed by atoms with Crippen molar-refractivity contribution in [2.45, 2.75) is 26.5 Å². The van der Waals surface area contributed by atoms with Crippen LogP contribution in [-0.4, -0.2) is 83.6 Å². The summed E-state index contributed by atoms with van der Waals surface area (Å²) in [6.07, 6.45) is -0.228. The van der Waals surface area contributed by atoms with Crippen molar-refractivity contribution in [3.8, 4) is 0 Å². The lowest BCUT2D eigenvalue weighted by atomic mass is 10.4. The van der Waals surface area contributed by atoms with Crippen molar-refractivity contribution in [2.75, 3.05) is 51.0 Å². The molecule has 0 unspecified atom stereocenters. The van der Waals surface area contributed by atoms with Crippen LogP contribution in [0.4, 0.5) is 9.59 Å². The number of carbonyl (C=O) groups is 4. The molecule has 0 saturated heterocycles. The second kappa shape index (κ2) is 18.7. The molecule has 0 fully saturated rings. The number of carbonyl (C=O) groups excluding carboxylic acids is 4. The average molecular weight is 641 g/mol. The van der Waals surface area contributed by atoms with Gasteiger partial charge in [-0.05, 0) is 48.5 Å². The first kappa shape index (κ1) is 34.5. The molecule has 0 aliphatic carbocycles. The van der Waals surface area contributed by atoms with Crippen LogP contribution in [0.5, 0.6) is 0 Å². The molecule has 12 nitrogen and oxygen atoms in total.